The number of hydrogen-bond donors (Lipinski definition) is 0. The molecule has 28 heavy (non-hydrogen) atoms. The van der Waals surface area contributed by atoms with Gasteiger partial charge in [0, 0.05) is 33.8 Å². The van der Waals surface area contributed by atoms with Crippen LogP contribution in [0, 0.1) is 0 Å². The molecule has 2 aromatic carbocycles. The Balaban J connectivity index is 1.71. The van der Waals surface area contributed by atoms with Crippen LogP contribution in [0.15, 0.2) is 89.2 Å². The summed E-state index contributed by atoms with van der Waals surface area (Å²) in [4.78, 5) is 0. The standard InChI is InChI=1S/C21H13BBr2F2N2/c23-19-12-10-17-21(18-11-13-20(24)28(18)22(25,26)27(17)19)16-8-6-15(7-9-16)14-4-2-1-3-5-14/h1-13H. The molecule has 0 saturated heterocycles. The van der Waals surface area contributed by atoms with Crippen molar-refractivity contribution in [2.75, 3.05) is 0 Å². The molecule has 0 bridgehead atoms. The van der Waals surface area contributed by atoms with Gasteiger partial charge in [0.1, 0.15) is 0 Å². The van der Waals surface area contributed by atoms with E-state index in [0.29, 0.717) is 20.6 Å². The Hall–Kier alpha value is -2.25. The highest BCUT2D eigenvalue weighted by Crippen LogP contribution is 2.42. The molecule has 7 heteroatoms. The van der Waals surface area contributed by atoms with Gasteiger partial charge >= 0.3 is 6.97 Å². The number of allylic oxidation sites excluding steroid dienone is 2. The lowest BCUT2D eigenvalue weighted by atomic mass is 9.86. The van der Waals surface area contributed by atoms with Gasteiger partial charge in [-0.1, -0.05) is 54.6 Å². The van der Waals surface area contributed by atoms with Crippen molar-refractivity contribution >= 4 is 49.0 Å². The third-order valence-corrected chi connectivity index (χ3v) is 6.44. The van der Waals surface area contributed by atoms with Gasteiger partial charge in [-0.05, 0) is 44.8 Å². The molecular formula is C21H13BBr2F2N2. The summed E-state index contributed by atoms with van der Waals surface area (Å²) in [6.45, 7) is -3.99. The van der Waals surface area contributed by atoms with E-state index in [0.717, 1.165) is 31.2 Å². The second kappa shape index (κ2) is 6.39. The first kappa shape index (κ1) is 17.8. The normalized spacial score (nSPS) is 17.1. The minimum absolute atomic E-state index is 0.358. The average Bonchev–Trinajstić information content (AvgIpc) is 3.28. The maximum atomic E-state index is 15.3. The van der Waals surface area contributed by atoms with E-state index in [1.165, 1.54) is 0 Å². The van der Waals surface area contributed by atoms with E-state index < -0.39 is 6.97 Å². The van der Waals surface area contributed by atoms with Crippen LogP contribution < -0.4 is 0 Å². The first-order valence-corrected chi connectivity index (χ1v) is 10.4. The van der Waals surface area contributed by atoms with E-state index in [-0.39, 0.29) is 0 Å². The van der Waals surface area contributed by atoms with Crippen molar-refractivity contribution in [1.29, 1.82) is 0 Å². The fourth-order valence-electron chi connectivity index (χ4n) is 3.89. The topological polar surface area (TPSA) is 7.94 Å². The van der Waals surface area contributed by atoms with Crippen LogP contribution in [-0.2, 0) is 0 Å². The quantitative estimate of drug-likeness (QED) is 0.365. The first-order valence-electron chi connectivity index (χ1n) is 8.78. The van der Waals surface area contributed by atoms with E-state index in [4.69, 9.17) is 0 Å². The predicted octanol–water partition coefficient (Wildman–Crippen LogP) is 6.29. The Morgan fingerprint density at radius 2 is 1.39 bits per heavy atom. The van der Waals surface area contributed by atoms with Gasteiger partial charge in [0.15, 0.2) is 5.70 Å². The molecule has 1 aromatic heterocycles. The van der Waals surface area contributed by atoms with Crippen LogP contribution in [-0.4, -0.2) is 20.6 Å². The third-order valence-electron chi connectivity index (χ3n) is 5.15. The lowest BCUT2D eigenvalue weighted by Crippen LogP contribution is -2.50. The Morgan fingerprint density at radius 1 is 0.750 bits per heavy atom. The van der Waals surface area contributed by atoms with E-state index >= 15 is 8.63 Å². The van der Waals surface area contributed by atoms with E-state index in [2.05, 4.69) is 44.0 Å². The molecule has 0 radical (unpaired) electrons. The Labute approximate surface area is 177 Å². The summed E-state index contributed by atoms with van der Waals surface area (Å²) in [6, 6.07) is 21.5. The van der Waals surface area contributed by atoms with Crippen molar-refractivity contribution < 1.29 is 13.1 Å². The minimum atomic E-state index is -3.99. The molecule has 5 rings (SSSR count). The van der Waals surface area contributed by atoms with Gasteiger partial charge in [-0.15, -0.1) is 0 Å². The average molecular weight is 502 g/mol. The molecule has 0 atom stereocenters. The highest BCUT2D eigenvalue weighted by molar-refractivity contribution is 9.18. The van der Waals surface area contributed by atoms with E-state index in [1.54, 1.807) is 24.3 Å². The highest BCUT2D eigenvalue weighted by Gasteiger charge is 2.54. The lowest BCUT2D eigenvalue weighted by molar-refractivity contribution is -0.358. The summed E-state index contributed by atoms with van der Waals surface area (Å²) in [6.07, 6.45) is 3.41. The second-order valence-electron chi connectivity index (χ2n) is 6.73. The summed E-state index contributed by atoms with van der Waals surface area (Å²) in [5.41, 5.74) is 4.89. The van der Waals surface area contributed by atoms with Crippen molar-refractivity contribution in [1.82, 2.24) is 4.48 Å². The van der Waals surface area contributed by atoms with Crippen LogP contribution in [0.1, 0.15) is 11.3 Å². The van der Waals surface area contributed by atoms with Gasteiger partial charge in [0.25, 0.3) is 0 Å². The molecule has 0 N–H and O–H groups in total. The van der Waals surface area contributed by atoms with Crippen LogP contribution >= 0.6 is 31.9 Å². The molecule has 0 amide bonds. The van der Waals surface area contributed by atoms with Crippen LogP contribution in [0.2, 0.25) is 0 Å². The zero-order valence-corrected chi connectivity index (χ0v) is 17.7. The fraction of sp³-hybridized carbons (Fsp3) is 0. The van der Waals surface area contributed by atoms with E-state index in [9.17, 15) is 0 Å². The van der Waals surface area contributed by atoms with Crippen molar-refractivity contribution in [3.8, 4) is 11.1 Å². The van der Waals surface area contributed by atoms with Crippen LogP contribution in [0.25, 0.3) is 16.7 Å². The highest BCUT2D eigenvalue weighted by atomic mass is 79.9. The molecule has 0 aliphatic carbocycles. The summed E-state index contributed by atoms with van der Waals surface area (Å²) < 4.78 is 33.4. The minimum Gasteiger partial charge on any atom is -0.389 e. The Bertz CT molecular complexity index is 1190. The van der Waals surface area contributed by atoms with Crippen molar-refractivity contribution in [3.63, 3.8) is 0 Å². The fourth-order valence-corrected chi connectivity index (χ4v) is 5.03. The summed E-state index contributed by atoms with van der Waals surface area (Å²) >= 11 is 6.58. The van der Waals surface area contributed by atoms with Crippen molar-refractivity contribution in [2.45, 2.75) is 0 Å². The van der Waals surface area contributed by atoms with Gasteiger partial charge in [0.2, 0.25) is 4.62 Å². The third kappa shape index (κ3) is 2.53. The SMILES string of the molecule is F[B-]1(F)n2c(Br)ccc2C(c2ccc(-c3ccccc3)cc2)=C2C=CC(Br)=[N+]21. The lowest BCUT2D eigenvalue weighted by Gasteiger charge is -2.32. The molecule has 2 aliphatic heterocycles. The van der Waals surface area contributed by atoms with Gasteiger partial charge in [-0.25, -0.2) is 0 Å². The first-order chi connectivity index (χ1) is 13.5. The van der Waals surface area contributed by atoms with Crippen LogP contribution in [0.5, 0.6) is 0 Å². The van der Waals surface area contributed by atoms with Gasteiger partial charge in [-0.2, -0.15) is 0 Å². The molecule has 2 nitrogen and oxygen atoms in total. The molecule has 2 aliphatic rings. The molecule has 0 unspecified atom stereocenters. The molecule has 138 valence electrons. The number of hydrogen-bond acceptors (Lipinski definition) is 0. The molecule has 0 spiro atoms. The number of benzene rings is 2. The summed E-state index contributed by atoms with van der Waals surface area (Å²) in [7, 11) is 0. The van der Waals surface area contributed by atoms with Crippen molar-refractivity contribution in [2.24, 2.45) is 0 Å². The summed E-state index contributed by atoms with van der Waals surface area (Å²) in [5, 5.41) is 0. The number of rotatable bonds is 2. The van der Waals surface area contributed by atoms with E-state index in [1.807, 2.05) is 42.5 Å². The molecular weight excluding hydrogens is 489 g/mol. The monoisotopic (exact) mass is 500 g/mol. The molecule has 3 heterocycles. The van der Waals surface area contributed by atoms with Gasteiger partial charge in [-0.3, -0.25) is 0 Å². The smallest absolute Gasteiger partial charge is 0.389 e. The number of halogens is 4. The number of aromatic nitrogens is 1. The largest absolute Gasteiger partial charge is 0.738 e. The van der Waals surface area contributed by atoms with Gasteiger partial charge < -0.3 is 17.6 Å². The van der Waals surface area contributed by atoms with Crippen LogP contribution in [0.3, 0.4) is 0 Å². The molecule has 0 fully saturated rings. The van der Waals surface area contributed by atoms with Crippen LogP contribution in [0.4, 0.5) is 8.63 Å². The summed E-state index contributed by atoms with van der Waals surface area (Å²) in [5.74, 6) is 0. The zero-order valence-electron chi connectivity index (χ0n) is 14.5. The maximum absolute atomic E-state index is 15.3. The van der Waals surface area contributed by atoms with Crippen molar-refractivity contribution in [3.05, 3.63) is 100 Å². The molecule has 3 aromatic rings. The number of fused-ring (bicyclic) bond motifs is 2. The second-order valence-corrected chi connectivity index (χ2v) is 8.35. The maximum Gasteiger partial charge on any atom is 0.738 e. The number of nitrogens with zero attached hydrogens (tertiary/aromatic N) is 2. The van der Waals surface area contributed by atoms with Gasteiger partial charge in [0.05, 0.1) is 10.2 Å². The Morgan fingerprint density at radius 3 is 2.11 bits per heavy atom. The zero-order chi connectivity index (χ0) is 19.5. The molecule has 0 saturated carbocycles. The predicted molar refractivity (Wildman–Crippen MR) is 117 cm³/mol. The Kier molecular flexibility index (Phi) is 4.07.